The highest BCUT2D eigenvalue weighted by molar-refractivity contribution is 5.94. The van der Waals surface area contributed by atoms with Gasteiger partial charge in [0.2, 0.25) is 5.91 Å². The van der Waals surface area contributed by atoms with E-state index >= 15 is 0 Å². The van der Waals surface area contributed by atoms with Crippen molar-refractivity contribution < 1.29 is 9.59 Å². The van der Waals surface area contributed by atoms with Crippen LogP contribution in [0.2, 0.25) is 0 Å². The van der Waals surface area contributed by atoms with Crippen LogP contribution in [0.15, 0.2) is 36.4 Å². The smallest absolute Gasteiger partial charge is 0.253 e. The summed E-state index contributed by atoms with van der Waals surface area (Å²) >= 11 is 0. The van der Waals surface area contributed by atoms with Crippen molar-refractivity contribution in [2.45, 2.75) is 26.7 Å². The van der Waals surface area contributed by atoms with Gasteiger partial charge in [-0.25, -0.2) is 0 Å². The lowest BCUT2D eigenvalue weighted by molar-refractivity contribution is -0.131. The molecular weight excluding hydrogens is 364 g/mol. The van der Waals surface area contributed by atoms with Gasteiger partial charge in [-0.1, -0.05) is 0 Å². The number of hydrogen-bond acceptors (Lipinski definition) is 3. The third-order valence-corrected chi connectivity index (χ3v) is 6.12. The van der Waals surface area contributed by atoms with Crippen LogP contribution >= 0.6 is 0 Å². The summed E-state index contributed by atoms with van der Waals surface area (Å²) in [7, 11) is 0. The molecule has 29 heavy (non-hydrogen) atoms. The van der Waals surface area contributed by atoms with E-state index in [0.717, 1.165) is 50.3 Å². The summed E-state index contributed by atoms with van der Waals surface area (Å²) in [5, 5.41) is 0. The van der Waals surface area contributed by atoms with Gasteiger partial charge in [-0.3, -0.25) is 14.5 Å². The topological polar surface area (TPSA) is 48.8 Å². The van der Waals surface area contributed by atoms with Crippen LogP contribution in [0.1, 0.15) is 34.6 Å². The Morgan fingerprint density at radius 3 is 1.93 bits per heavy atom. The number of hydrogen-bond donors (Lipinski definition) is 0. The van der Waals surface area contributed by atoms with E-state index < -0.39 is 0 Å². The number of amides is 2. The Labute approximate surface area is 172 Å². The molecule has 0 unspecified atom stereocenters. The highest BCUT2D eigenvalue weighted by Crippen LogP contribution is 2.18. The molecule has 0 bridgehead atoms. The van der Waals surface area contributed by atoms with Crippen LogP contribution in [0.3, 0.4) is 0 Å². The van der Waals surface area contributed by atoms with E-state index in [2.05, 4.69) is 35.4 Å². The Morgan fingerprint density at radius 1 is 0.759 bits per heavy atom. The molecule has 2 fully saturated rings. The minimum Gasteiger partial charge on any atom is -0.342 e. The molecular formula is C23H30N4O2. The van der Waals surface area contributed by atoms with Gasteiger partial charge in [0.15, 0.2) is 0 Å². The Morgan fingerprint density at radius 2 is 1.34 bits per heavy atom. The number of aryl methyl sites for hydroxylation is 2. The molecule has 0 aliphatic carbocycles. The summed E-state index contributed by atoms with van der Waals surface area (Å²) in [6.45, 7) is 9.29. The molecule has 0 N–H and O–H groups in total. The van der Waals surface area contributed by atoms with Crippen LogP contribution in [-0.4, -0.2) is 76.9 Å². The van der Waals surface area contributed by atoms with Crippen LogP contribution in [0.4, 0.5) is 0 Å². The summed E-state index contributed by atoms with van der Waals surface area (Å²) in [6.07, 6.45) is 2.24. The van der Waals surface area contributed by atoms with Gasteiger partial charge in [0.05, 0.1) is 6.54 Å². The third kappa shape index (κ3) is 4.22. The summed E-state index contributed by atoms with van der Waals surface area (Å²) in [5.41, 5.74) is 4.16. The van der Waals surface area contributed by atoms with Crippen molar-refractivity contribution in [2.24, 2.45) is 0 Å². The van der Waals surface area contributed by atoms with Crippen molar-refractivity contribution in [3.8, 4) is 5.69 Å². The predicted molar refractivity (Wildman–Crippen MR) is 113 cm³/mol. The number of benzene rings is 1. The molecule has 154 valence electrons. The van der Waals surface area contributed by atoms with Crippen molar-refractivity contribution in [2.75, 3.05) is 45.8 Å². The lowest BCUT2D eigenvalue weighted by Gasteiger charge is -2.35. The second kappa shape index (κ2) is 8.41. The lowest BCUT2D eigenvalue weighted by atomic mass is 10.1. The molecule has 0 radical (unpaired) electrons. The maximum atomic E-state index is 12.9. The summed E-state index contributed by atoms with van der Waals surface area (Å²) in [6, 6.07) is 12.1. The number of piperazine rings is 1. The normalized spacial score (nSPS) is 17.7. The Balaban J connectivity index is 1.33. The van der Waals surface area contributed by atoms with Gasteiger partial charge < -0.3 is 14.4 Å². The van der Waals surface area contributed by atoms with Gasteiger partial charge in [0, 0.05) is 61.9 Å². The van der Waals surface area contributed by atoms with E-state index in [1.165, 1.54) is 11.4 Å². The van der Waals surface area contributed by atoms with Crippen LogP contribution in [-0.2, 0) is 4.79 Å². The number of aromatic nitrogens is 1. The summed E-state index contributed by atoms with van der Waals surface area (Å²) in [4.78, 5) is 31.3. The third-order valence-electron chi connectivity index (χ3n) is 6.12. The maximum absolute atomic E-state index is 12.9. The first kappa shape index (κ1) is 19.7. The van der Waals surface area contributed by atoms with Crippen molar-refractivity contribution in [3.63, 3.8) is 0 Å². The zero-order valence-corrected chi connectivity index (χ0v) is 17.4. The number of likely N-dealkylation sites (tertiary alicyclic amines) is 1. The van der Waals surface area contributed by atoms with E-state index in [9.17, 15) is 9.59 Å². The van der Waals surface area contributed by atoms with E-state index in [0.29, 0.717) is 19.6 Å². The number of rotatable bonds is 4. The zero-order chi connectivity index (χ0) is 20.4. The molecule has 2 aliphatic rings. The molecule has 6 nitrogen and oxygen atoms in total. The van der Waals surface area contributed by atoms with Crippen molar-refractivity contribution >= 4 is 11.8 Å². The van der Waals surface area contributed by atoms with Crippen molar-refractivity contribution in [1.29, 1.82) is 0 Å². The summed E-state index contributed by atoms with van der Waals surface area (Å²) < 4.78 is 2.18. The van der Waals surface area contributed by atoms with Gasteiger partial charge in [-0.15, -0.1) is 0 Å². The first-order valence-corrected chi connectivity index (χ1v) is 10.6. The van der Waals surface area contributed by atoms with E-state index in [-0.39, 0.29) is 11.8 Å². The fraction of sp³-hybridized carbons (Fsp3) is 0.478. The minimum atomic E-state index is 0.0722. The van der Waals surface area contributed by atoms with E-state index in [4.69, 9.17) is 0 Å². The molecule has 1 aromatic heterocycles. The van der Waals surface area contributed by atoms with Crippen LogP contribution < -0.4 is 0 Å². The molecule has 1 aromatic carbocycles. The van der Waals surface area contributed by atoms with Crippen molar-refractivity contribution in [1.82, 2.24) is 19.3 Å². The number of carbonyl (C=O) groups is 2. The SMILES string of the molecule is Cc1ccc(C)n1-c1ccc(C(=O)N2CCN(CC(=O)N3CCCC3)CC2)cc1. The minimum absolute atomic E-state index is 0.0722. The standard InChI is InChI=1S/C23H30N4O2/c1-18-5-6-19(2)27(18)21-9-7-20(8-10-21)23(29)26-15-13-24(14-16-26)17-22(28)25-11-3-4-12-25/h5-10H,3-4,11-17H2,1-2H3. The largest absolute Gasteiger partial charge is 0.342 e. The van der Waals surface area contributed by atoms with Crippen LogP contribution in [0, 0.1) is 13.8 Å². The van der Waals surface area contributed by atoms with Gasteiger partial charge in [-0.05, 0) is 63.1 Å². The Hall–Kier alpha value is -2.60. The summed E-state index contributed by atoms with van der Waals surface area (Å²) in [5.74, 6) is 0.302. The molecule has 4 rings (SSSR count). The highest BCUT2D eigenvalue weighted by Gasteiger charge is 2.25. The molecule has 6 heteroatoms. The quantitative estimate of drug-likeness (QED) is 0.801. The highest BCUT2D eigenvalue weighted by atomic mass is 16.2. The van der Waals surface area contributed by atoms with E-state index in [1.54, 1.807) is 0 Å². The Bertz CT molecular complexity index is 853. The first-order chi connectivity index (χ1) is 14.0. The van der Waals surface area contributed by atoms with Crippen molar-refractivity contribution in [3.05, 3.63) is 53.3 Å². The maximum Gasteiger partial charge on any atom is 0.253 e. The second-order valence-corrected chi connectivity index (χ2v) is 8.15. The molecule has 2 aromatic rings. The average molecular weight is 395 g/mol. The zero-order valence-electron chi connectivity index (χ0n) is 17.4. The van der Waals surface area contributed by atoms with Gasteiger partial charge in [0.1, 0.15) is 0 Å². The van der Waals surface area contributed by atoms with Crippen LogP contribution in [0.5, 0.6) is 0 Å². The molecule has 3 heterocycles. The monoisotopic (exact) mass is 394 g/mol. The van der Waals surface area contributed by atoms with E-state index in [1.807, 2.05) is 34.1 Å². The predicted octanol–water partition coefficient (Wildman–Crippen LogP) is 2.47. The molecule has 2 saturated heterocycles. The van der Waals surface area contributed by atoms with Gasteiger partial charge >= 0.3 is 0 Å². The fourth-order valence-corrected chi connectivity index (χ4v) is 4.38. The Kier molecular flexibility index (Phi) is 5.72. The van der Waals surface area contributed by atoms with Crippen LogP contribution in [0.25, 0.3) is 5.69 Å². The average Bonchev–Trinajstić information content (AvgIpc) is 3.38. The van der Waals surface area contributed by atoms with Gasteiger partial charge in [-0.2, -0.15) is 0 Å². The molecule has 0 atom stereocenters. The first-order valence-electron chi connectivity index (χ1n) is 10.6. The number of nitrogens with zero attached hydrogens (tertiary/aromatic N) is 4. The fourth-order valence-electron chi connectivity index (χ4n) is 4.38. The lowest BCUT2D eigenvalue weighted by Crippen LogP contribution is -2.51. The molecule has 0 spiro atoms. The molecule has 2 amide bonds. The molecule has 0 saturated carbocycles. The number of carbonyl (C=O) groups excluding carboxylic acids is 2. The molecule has 2 aliphatic heterocycles. The van der Waals surface area contributed by atoms with Gasteiger partial charge in [0.25, 0.3) is 5.91 Å². The second-order valence-electron chi connectivity index (χ2n) is 8.15.